The standard InChI is InChI=1S/C18H14Br2/c1-12-5-4-6-13(11-12)18(20)16-9-10-17(19)15-8-3-2-7-14(15)16/h2-11,18H,1H3. The second-order valence-corrected chi connectivity index (χ2v) is 6.73. The maximum atomic E-state index is 3.86. The van der Waals surface area contributed by atoms with E-state index in [1.807, 2.05) is 0 Å². The SMILES string of the molecule is Cc1cccc(C(Br)c2ccc(Br)c3ccccc23)c1. The number of hydrogen-bond donors (Lipinski definition) is 0. The summed E-state index contributed by atoms with van der Waals surface area (Å²) in [6, 6.07) is 21.5. The number of halogens is 2. The van der Waals surface area contributed by atoms with E-state index in [1.165, 1.54) is 27.5 Å². The molecule has 0 amide bonds. The Morgan fingerprint density at radius 1 is 0.850 bits per heavy atom. The van der Waals surface area contributed by atoms with Gasteiger partial charge in [0, 0.05) is 4.47 Å². The Balaban J connectivity index is 2.17. The molecule has 0 N–H and O–H groups in total. The van der Waals surface area contributed by atoms with E-state index in [-0.39, 0.29) is 4.83 Å². The van der Waals surface area contributed by atoms with Crippen molar-refractivity contribution in [1.82, 2.24) is 0 Å². The lowest BCUT2D eigenvalue weighted by Gasteiger charge is -2.15. The number of benzene rings is 3. The van der Waals surface area contributed by atoms with Crippen LogP contribution in [0.5, 0.6) is 0 Å². The molecule has 20 heavy (non-hydrogen) atoms. The third kappa shape index (κ3) is 2.55. The van der Waals surface area contributed by atoms with Gasteiger partial charge < -0.3 is 0 Å². The fourth-order valence-electron chi connectivity index (χ4n) is 2.51. The molecule has 0 aromatic heterocycles. The van der Waals surface area contributed by atoms with Crippen molar-refractivity contribution in [1.29, 1.82) is 0 Å². The van der Waals surface area contributed by atoms with Crippen LogP contribution in [0.1, 0.15) is 21.5 Å². The fourth-order valence-corrected chi connectivity index (χ4v) is 3.68. The smallest absolute Gasteiger partial charge is 0.0650 e. The molecule has 3 aromatic carbocycles. The number of aryl methyl sites for hydroxylation is 1. The van der Waals surface area contributed by atoms with E-state index in [4.69, 9.17) is 0 Å². The van der Waals surface area contributed by atoms with E-state index in [0.29, 0.717) is 0 Å². The molecule has 0 aliphatic heterocycles. The van der Waals surface area contributed by atoms with Gasteiger partial charge in [0.15, 0.2) is 0 Å². The van der Waals surface area contributed by atoms with Gasteiger partial charge in [0.2, 0.25) is 0 Å². The van der Waals surface area contributed by atoms with Gasteiger partial charge in [-0.3, -0.25) is 0 Å². The van der Waals surface area contributed by atoms with Gasteiger partial charge in [-0.25, -0.2) is 0 Å². The van der Waals surface area contributed by atoms with Gasteiger partial charge in [0.25, 0.3) is 0 Å². The molecule has 0 aliphatic rings. The molecule has 3 rings (SSSR count). The number of rotatable bonds is 2. The molecule has 100 valence electrons. The normalized spacial score (nSPS) is 12.6. The highest BCUT2D eigenvalue weighted by molar-refractivity contribution is 9.10. The summed E-state index contributed by atoms with van der Waals surface area (Å²) in [5.74, 6) is 0. The Kier molecular flexibility index (Phi) is 3.95. The Labute approximate surface area is 136 Å². The number of alkyl halides is 1. The molecule has 2 heteroatoms. The Morgan fingerprint density at radius 2 is 1.60 bits per heavy atom. The molecule has 0 fully saturated rings. The fraction of sp³-hybridized carbons (Fsp3) is 0.111. The van der Waals surface area contributed by atoms with Crippen LogP contribution in [0.15, 0.2) is 65.1 Å². The van der Waals surface area contributed by atoms with Crippen LogP contribution < -0.4 is 0 Å². The van der Waals surface area contributed by atoms with Gasteiger partial charge in [0.1, 0.15) is 0 Å². The second kappa shape index (κ2) is 5.71. The van der Waals surface area contributed by atoms with Crippen molar-refractivity contribution in [2.45, 2.75) is 11.8 Å². The van der Waals surface area contributed by atoms with Crippen molar-refractivity contribution < 1.29 is 0 Å². The lowest BCUT2D eigenvalue weighted by atomic mass is 9.97. The average molecular weight is 390 g/mol. The largest absolute Gasteiger partial charge is 0.0786 e. The average Bonchev–Trinajstić information content (AvgIpc) is 2.47. The minimum absolute atomic E-state index is 0.209. The summed E-state index contributed by atoms with van der Waals surface area (Å²) >= 11 is 7.49. The molecule has 0 saturated carbocycles. The molecule has 1 unspecified atom stereocenters. The first-order chi connectivity index (χ1) is 9.66. The molecule has 1 atom stereocenters. The van der Waals surface area contributed by atoms with Crippen molar-refractivity contribution in [2.24, 2.45) is 0 Å². The third-order valence-electron chi connectivity index (χ3n) is 3.51. The highest BCUT2D eigenvalue weighted by Crippen LogP contribution is 2.37. The van der Waals surface area contributed by atoms with Crippen molar-refractivity contribution in [3.05, 3.63) is 81.8 Å². The van der Waals surface area contributed by atoms with Gasteiger partial charge in [0.05, 0.1) is 4.83 Å². The minimum atomic E-state index is 0.209. The lowest BCUT2D eigenvalue weighted by molar-refractivity contribution is 1.18. The number of hydrogen-bond acceptors (Lipinski definition) is 0. The quantitative estimate of drug-likeness (QED) is 0.445. The van der Waals surface area contributed by atoms with Crippen LogP contribution in [0.4, 0.5) is 0 Å². The maximum Gasteiger partial charge on any atom is 0.0650 e. The van der Waals surface area contributed by atoms with E-state index in [0.717, 1.165) is 4.47 Å². The molecule has 0 radical (unpaired) electrons. The van der Waals surface area contributed by atoms with Gasteiger partial charge in [-0.05, 0) is 34.9 Å². The van der Waals surface area contributed by atoms with Gasteiger partial charge in [-0.1, -0.05) is 92.0 Å². The van der Waals surface area contributed by atoms with E-state index in [9.17, 15) is 0 Å². The molecule has 0 heterocycles. The van der Waals surface area contributed by atoms with Gasteiger partial charge in [-0.2, -0.15) is 0 Å². The summed E-state index contributed by atoms with van der Waals surface area (Å²) in [4.78, 5) is 0.209. The Bertz CT molecular complexity index is 762. The predicted octanol–water partition coefficient (Wildman–Crippen LogP) is 6.40. The van der Waals surface area contributed by atoms with Gasteiger partial charge in [-0.15, -0.1) is 0 Å². The first-order valence-electron chi connectivity index (χ1n) is 6.54. The minimum Gasteiger partial charge on any atom is -0.0786 e. The molecule has 0 spiro atoms. The van der Waals surface area contributed by atoms with Crippen molar-refractivity contribution in [3.63, 3.8) is 0 Å². The topological polar surface area (TPSA) is 0 Å². The molecule has 0 bridgehead atoms. The van der Waals surface area contributed by atoms with Crippen LogP contribution in [0, 0.1) is 6.92 Å². The van der Waals surface area contributed by atoms with Crippen LogP contribution >= 0.6 is 31.9 Å². The van der Waals surface area contributed by atoms with E-state index in [2.05, 4.69) is 99.4 Å². The first-order valence-corrected chi connectivity index (χ1v) is 8.25. The summed E-state index contributed by atoms with van der Waals surface area (Å²) < 4.78 is 1.14. The van der Waals surface area contributed by atoms with E-state index >= 15 is 0 Å². The zero-order chi connectivity index (χ0) is 14.1. The van der Waals surface area contributed by atoms with E-state index in [1.54, 1.807) is 0 Å². The van der Waals surface area contributed by atoms with Crippen LogP contribution in [-0.2, 0) is 0 Å². The Hall–Kier alpha value is -1.12. The molecule has 0 saturated heterocycles. The van der Waals surface area contributed by atoms with Crippen LogP contribution in [-0.4, -0.2) is 0 Å². The lowest BCUT2D eigenvalue weighted by Crippen LogP contribution is -1.95. The van der Waals surface area contributed by atoms with Crippen molar-refractivity contribution >= 4 is 42.6 Å². The maximum absolute atomic E-state index is 3.86. The predicted molar refractivity (Wildman–Crippen MR) is 93.6 cm³/mol. The second-order valence-electron chi connectivity index (χ2n) is 4.96. The molecular weight excluding hydrogens is 376 g/mol. The summed E-state index contributed by atoms with van der Waals surface area (Å²) in [6.07, 6.45) is 0. The van der Waals surface area contributed by atoms with Crippen molar-refractivity contribution in [2.75, 3.05) is 0 Å². The van der Waals surface area contributed by atoms with E-state index < -0.39 is 0 Å². The molecule has 0 nitrogen and oxygen atoms in total. The molecule has 0 aliphatic carbocycles. The summed E-state index contributed by atoms with van der Waals surface area (Å²) in [6.45, 7) is 2.13. The monoisotopic (exact) mass is 388 g/mol. The highest BCUT2D eigenvalue weighted by Gasteiger charge is 2.14. The van der Waals surface area contributed by atoms with Crippen LogP contribution in [0.25, 0.3) is 10.8 Å². The zero-order valence-corrected chi connectivity index (χ0v) is 14.3. The van der Waals surface area contributed by atoms with Gasteiger partial charge >= 0.3 is 0 Å². The molecule has 3 aromatic rings. The zero-order valence-electron chi connectivity index (χ0n) is 11.1. The summed E-state index contributed by atoms with van der Waals surface area (Å²) in [5.41, 5.74) is 3.88. The van der Waals surface area contributed by atoms with Crippen molar-refractivity contribution in [3.8, 4) is 0 Å². The van der Waals surface area contributed by atoms with Crippen LogP contribution in [0.2, 0.25) is 0 Å². The third-order valence-corrected chi connectivity index (χ3v) is 5.23. The highest BCUT2D eigenvalue weighted by atomic mass is 79.9. The Morgan fingerprint density at radius 3 is 2.35 bits per heavy atom. The summed E-state index contributed by atoms with van der Waals surface area (Å²) in [7, 11) is 0. The first kappa shape index (κ1) is 13.8. The van der Waals surface area contributed by atoms with Crippen LogP contribution in [0.3, 0.4) is 0 Å². The molecular formula is C18H14Br2. The summed E-state index contributed by atoms with van der Waals surface area (Å²) in [5, 5.41) is 2.53. The number of fused-ring (bicyclic) bond motifs is 1.